The van der Waals surface area contributed by atoms with Crippen LogP contribution in [0.4, 0.5) is 10.5 Å². The number of ether oxygens (including phenoxy) is 1. The van der Waals surface area contributed by atoms with Crippen LogP contribution in [0.25, 0.3) is 0 Å². The third-order valence-corrected chi connectivity index (χ3v) is 8.14. The molecule has 4 amide bonds. The quantitative estimate of drug-likeness (QED) is 0.455. The van der Waals surface area contributed by atoms with Crippen LogP contribution in [0.3, 0.4) is 0 Å². The number of hydrogen-bond donors (Lipinski definition) is 3. The predicted molar refractivity (Wildman–Crippen MR) is 143 cm³/mol. The van der Waals surface area contributed by atoms with Crippen LogP contribution in [-0.2, 0) is 14.3 Å². The van der Waals surface area contributed by atoms with Gasteiger partial charge in [0.05, 0.1) is 6.04 Å². The van der Waals surface area contributed by atoms with Gasteiger partial charge in [-0.2, -0.15) is 0 Å². The predicted octanol–water partition coefficient (Wildman–Crippen LogP) is 4.43. The highest BCUT2D eigenvalue weighted by molar-refractivity contribution is 6.06. The Labute approximate surface area is 224 Å². The van der Waals surface area contributed by atoms with Crippen LogP contribution in [0.1, 0.15) is 107 Å². The van der Waals surface area contributed by atoms with E-state index in [9.17, 15) is 19.2 Å². The molecular formula is C29H40N4O5. The Morgan fingerprint density at radius 2 is 1.71 bits per heavy atom. The van der Waals surface area contributed by atoms with E-state index < -0.39 is 11.6 Å². The molecule has 0 unspecified atom stereocenters. The summed E-state index contributed by atoms with van der Waals surface area (Å²) < 4.78 is 5.40. The van der Waals surface area contributed by atoms with E-state index >= 15 is 0 Å². The van der Waals surface area contributed by atoms with E-state index in [1.54, 1.807) is 4.90 Å². The number of imide groups is 1. The molecule has 3 fully saturated rings. The van der Waals surface area contributed by atoms with E-state index in [0.29, 0.717) is 17.9 Å². The van der Waals surface area contributed by atoms with Crippen molar-refractivity contribution in [2.24, 2.45) is 5.92 Å². The highest BCUT2D eigenvalue weighted by Crippen LogP contribution is 2.46. The van der Waals surface area contributed by atoms with Gasteiger partial charge < -0.3 is 20.3 Å². The van der Waals surface area contributed by atoms with E-state index in [0.717, 1.165) is 49.8 Å². The van der Waals surface area contributed by atoms with Crippen LogP contribution in [0.15, 0.2) is 18.2 Å². The monoisotopic (exact) mass is 524 g/mol. The first-order chi connectivity index (χ1) is 18.1. The number of rotatable bonds is 7. The SMILES string of the molecule is CC(C)(C)OC(=O)NC1CCC(Nc2cccc3c2[C@@H](CCC2CC2)N([C@@H]2CCC(=O)NC2=O)C3=O)CC1. The maximum absolute atomic E-state index is 13.7. The average molecular weight is 525 g/mol. The van der Waals surface area contributed by atoms with Crippen molar-refractivity contribution in [1.82, 2.24) is 15.5 Å². The minimum Gasteiger partial charge on any atom is -0.444 e. The first kappa shape index (κ1) is 26.5. The normalized spacial score (nSPS) is 27.6. The van der Waals surface area contributed by atoms with Crippen molar-refractivity contribution >= 4 is 29.5 Å². The highest BCUT2D eigenvalue weighted by atomic mass is 16.6. The fourth-order valence-electron chi connectivity index (χ4n) is 6.12. The summed E-state index contributed by atoms with van der Waals surface area (Å²) in [7, 11) is 0. The number of nitrogens with one attached hydrogen (secondary N) is 3. The van der Waals surface area contributed by atoms with Crippen LogP contribution in [-0.4, -0.2) is 52.4 Å². The Morgan fingerprint density at radius 1 is 1.00 bits per heavy atom. The van der Waals surface area contributed by atoms with Gasteiger partial charge in [-0.1, -0.05) is 18.9 Å². The molecule has 0 aromatic heterocycles. The second-order valence-corrected chi connectivity index (χ2v) is 12.3. The van der Waals surface area contributed by atoms with Gasteiger partial charge in [-0.15, -0.1) is 0 Å². The molecule has 206 valence electrons. The molecule has 2 aliphatic heterocycles. The van der Waals surface area contributed by atoms with Gasteiger partial charge in [0, 0.05) is 35.3 Å². The number of anilines is 1. The van der Waals surface area contributed by atoms with E-state index in [1.807, 2.05) is 39.0 Å². The van der Waals surface area contributed by atoms with Crippen molar-refractivity contribution in [2.45, 2.75) is 115 Å². The Hall–Kier alpha value is -3.10. The van der Waals surface area contributed by atoms with Crippen molar-refractivity contribution in [2.75, 3.05) is 5.32 Å². The number of hydrogen-bond acceptors (Lipinski definition) is 6. The molecule has 1 aromatic rings. The number of piperidine rings is 1. The van der Waals surface area contributed by atoms with Gasteiger partial charge in [0.2, 0.25) is 11.8 Å². The molecule has 2 heterocycles. The van der Waals surface area contributed by atoms with Crippen molar-refractivity contribution in [3.63, 3.8) is 0 Å². The Balaban J connectivity index is 1.29. The van der Waals surface area contributed by atoms with Crippen molar-refractivity contribution in [1.29, 1.82) is 0 Å². The van der Waals surface area contributed by atoms with Crippen molar-refractivity contribution in [3.8, 4) is 0 Å². The molecule has 4 aliphatic rings. The number of nitrogens with zero attached hydrogens (tertiary/aromatic N) is 1. The smallest absolute Gasteiger partial charge is 0.407 e. The van der Waals surface area contributed by atoms with Crippen molar-refractivity contribution in [3.05, 3.63) is 29.3 Å². The number of carbonyl (C=O) groups excluding carboxylic acids is 4. The molecule has 5 rings (SSSR count). The summed E-state index contributed by atoms with van der Waals surface area (Å²) >= 11 is 0. The van der Waals surface area contributed by atoms with Crippen LogP contribution in [0.2, 0.25) is 0 Å². The molecular weight excluding hydrogens is 484 g/mol. The molecule has 38 heavy (non-hydrogen) atoms. The van der Waals surface area contributed by atoms with Gasteiger partial charge in [0.25, 0.3) is 5.91 Å². The Kier molecular flexibility index (Phi) is 7.38. The second-order valence-electron chi connectivity index (χ2n) is 12.3. The fraction of sp³-hybridized carbons (Fsp3) is 0.655. The van der Waals surface area contributed by atoms with Crippen LogP contribution < -0.4 is 16.0 Å². The van der Waals surface area contributed by atoms with Gasteiger partial charge >= 0.3 is 6.09 Å². The summed E-state index contributed by atoms with van der Waals surface area (Å²) in [5, 5.41) is 9.14. The maximum Gasteiger partial charge on any atom is 0.407 e. The van der Waals surface area contributed by atoms with Gasteiger partial charge in [0.1, 0.15) is 11.6 Å². The van der Waals surface area contributed by atoms with Gasteiger partial charge in [-0.05, 0) is 83.8 Å². The zero-order valence-corrected chi connectivity index (χ0v) is 22.7. The van der Waals surface area contributed by atoms with Gasteiger partial charge in [0.15, 0.2) is 0 Å². The number of fused-ring (bicyclic) bond motifs is 1. The third kappa shape index (κ3) is 5.97. The summed E-state index contributed by atoms with van der Waals surface area (Å²) in [5.74, 6) is -0.0666. The van der Waals surface area contributed by atoms with Gasteiger partial charge in [-0.3, -0.25) is 19.7 Å². The molecule has 2 saturated carbocycles. The number of alkyl carbamates (subject to hydrolysis) is 1. The summed E-state index contributed by atoms with van der Waals surface area (Å²) in [4.78, 5) is 52.2. The molecule has 9 nitrogen and oxygen atoms in total. The topological polar surface area (TPSA) is 117 Å². The lowest BCUT2D eigenvalue weighted by Gasteiger charge is -2.35. The summed E-state index contributed by atoms with van der Waals surface area (Å²) in [6.07, 6.45) is 8.00. The maximum atomic E-state index is 13.7. The van der Waals surface area contributed by atoms with E-state index in [2.05, 4.69) is 16.0 Å². The lowest BCUT2D eigenvalue weighted by Crippen LogP contribution is -2.53. The number of carbonyl (C=O) groups is 4. The molecule has 0 radical (unpaired) electrons. The summed E-state index contributed by atoms with van der Waals surface area (Å²) in [5.41, 5.74) is 2.07. The Morgan fingerprint density at radius 3 is 2.37 bits per heavy atom. The van der Waals surface area contributed by atoms with Crippen LogP contribution in [0.5, 0.6) is 0 Å². The van der Waals surface area contributed by atoms with E-state index in [4.69, 9.17) is 4.74 Å². The van der Waals surface area contributed by atoms with Crippen molar-refractivity contribution < 1.29 is 23.9 Å². The summed E-state index contributed by atoms with van der Waals surface area (Å²) in [6, 6.07) is 5.30. The lowest BCUT2D eigenvalue weighted by molar-refractivity contribution is -0.137. The Bertz CT molecular complexity index is 1100. The molecule has 0 bridgehead atoms. The lowest BCUT2D eigenvalue weighted by atomic mass is 9.90. The molecule has 1 saturated heterocycles. The summed E-state index contributed by atoms with van der Waals surface area (Å²) in [6.45, 7) is 5.57. The zero-order chi connectivity index (χ0) is 27.0. The molecule has 1 aromatic carbocycles. The average Bonchev–Trinajstić information content (AvgIpc) is 3.62. The third-order valence-electron chi connectivity index (χ3n) is 8.14. The molecule has 2 aliphatic carbocycles. The highest BCUT2D eigenvalue weighted by Gasteiger charge is 2.46. The van der Waals surface area contributed by atoms with Crippen LogP contribution >= 0.6 is 0 Å². The minimum atomic E-state index is -0.626. The fourth-order valence-corrected chi connectivity index (χ4v) is 6.12. The number of benzene rings is 1. The van der Waals surface area contributed by atoms with Gasteiger partial charge in [-0.25, -0.2) is 4.79 Å². The molecule has 2 atom stereocenters. The second kappa shape index (κ2) is 10.6. The van der Waals surface area contributed by atoms with E-state index in [-0.39, 0.29) is 48.4 Å². The van der Waals surface area contributed by atoms with E-state index in [1.165, 1.54) is 12.8 Å². The molecule has 0 spiro atoms. The standard InChI is InChI=1S/C29H40N4O5/c1-29(2,3)38-28(37)31-19-12-10-18(11-13-19)30-21-6-4-5-20-25(21)22(14-9-17-7-8-17)33(27(20)36)23-15-16-24(34)32-26(23)35/h4-6,17-19,22-23,30H,7-16H2,1-3H3,(H,31,37)(H,32,34,35)/t18?,19?,22-,23-/m1/s1. The first-order valence-electron chi connectivity index (χ1n) is 14.1. The van der Waals surface area contributed by atoms with Crippen LogP contribution in [0, 0.1) is 5.92 Å². The first-order valence-corrected chi connectivity index (χ1v) is 14.1. The largest absolute Gasteiger partial charge is 0.444 e. The number of amides is 4. The molecule has 9 heteroatoms. The minimum absolute atomic E-state index is 0.0836. The molecule has 3 N–H and O–H groups in total. The zero-order valence-electron chi connectivity index (χ0n) is 22.7.